The number of nitrogens with one attached hydrogen (secondary N) is 1. The summed E-state index contributed by atoms with van der Waals surface area (Å²) in [5, 5.41) is 12.2. The van der Waals surface area contributed by atoms with Crippen molar-refractivity contribution in [2.24, 2.45) is 0 Å². The number of amides is 1. The number of carbonyl (C=O) groups excluding carboxylic acids is 1. The van der Waals surface area contributed by atoms with Crippen LogP contribution in [0.3, 0.4) is 0 Å². The average molecular weight is 413 g/mol. The lowest BCUT2D eigenvalue weighted by Crippen LogP contribution is -2.51. The van der Waals surface area contributed by atoms with E-state index in [1.807, 2.05) is 42.5 Å². The largest absolute Gasteiger partial charge is 0.496 e. The maximum Gasteiger partial charge on any atom is 0.326 e. The van der Waals surface area contributed by atoms with Crippen molar-refractivity contribution < 1.29 is 28.9 Å². The zero-order valence-electron chi connectivity index (χ0n) is 17.4. The standard InChI is InChI=1S/C23H27NO6/c1-23(12-5-13-30-23)22(27)24-17(21(25)26)14-15-8-10-16(11-9-15)20-18(28-2)6-4-7-19(20)29-3/h4,6-11,17H,5,12-14H2,1-3H3,(H,24,27)(H,25,26)/t17-,23+/m0/s1. The molecule has 7 heteroatoms. The van der Waals surface area contributed by atoms with Crippen molar-refractivity contribution in [3.05, 3.63) is 48.0 Å². The van der Waals surface area contributed by atoms with Crippen LogP contribution >= 0.6 is 0 Å². The smallest absolute Gasteiger partial charge is 0.326 e. The molecule has 0 saturated carbocycles. The monoisotopic (exact) mass is 413 g/mol. The van der Waals surface area contributed by atoms with Gasteiger partial charge < -0.3 is 24.6 Å². The Hall–Kier alpha value is -3.06. The van der Waals surface area contributed by atoms with E-state index in [4.69, 9.17) is 14.2 Å². The second-order valence-corrected chi connectivity index (χ2v) is 7.49. The van der Waals surface area contributed by atoms with Gasteiger partial charge in [0.2, 0.25) is 0 Å². The van der Waals surface area contributed by atoms with Crippen LogP contribution in [0.15, 0.2) is 42.5 Å². The van der Waals surface area contributed by atoms with Gasteiger partial charge in [-0.3, -0.25) is 4.79 Å². The van der Waals surface area contributed by atoms with Gasteiger partial charge >= 0.3 is 5.97 Å². The van der Waals surface area contributed by atoms with Crippen LogP contribution in [0.5, 0.6) is 11.5 Å². The average Bonchev–Trinajstić information content (AvgIpc) is 3.21. The number of rotatable bonds is 8. The van der Waals surface area contributed by atoms with Gasteiger partial charge in [0, 0.05) is 13.0 Å². The number of aliphatic carboxylic acids is 1. The van der Waals surface area contributed by atoms with Crippen LogP contribution in [0.25, 0.3) is 11.1 Å². The summed E-state index contributed by atoms with van der Waals surface area (Å²) in [6.07, 6.45) is 1.54. The van der Waals surface area contributed by atoms with Gasteiger partial charge in [-0.25, -0.2) is 4.79 Å². The van der Waals surface area contributed by atoms with Crippen LogP contribution in [0.4, 0.5) is 0 Å². The second kappa shape index (κ2) is 9.17. The maximum atomic E-state index is 12.5. The van der Waals surface area contributed by atoms with Gasteiger partial charge in [-0.05, 0) is 43.0 Å². The summed E-state index contributed by atoms with van der Waals surface area (Å²) >= 11 is 0. The van der Waals surface area contributed by atoms with Gasteiger partial charge in [-0.15, -0.1) is 0 Å². The summed E-state index contributed by atoms with van der Waals surface area (Å²) in [6.45, 7) is 2.21. The number of hydrogen-bond donors (Lipinski definition) is 2. The molecule has 0 bridgehead atoms. The van der Waals surface area contributed by atoms with E-state index >= 15 is 0 Å². The van der Waals surface area contributed by atoms with E-state index in [0.29, 0.717) is 24.5 Å². The fourth-order valence-corrected chi connectivity index (χ4v) is 3.65. The highest BCUT2D eigenvalue weighted by molar-refractivity contribution is 5.89. The van der Waals surface area contributed by atoms with Crippen molar-refractivity contribution >= 4 is 11.9 Å². The fraction of sp³-hybridized carbons (Fsp3) is 0.391. The SMILES string of the molecule is COc1cccc(OC)c1-c1ccc(C[C@H](NC(=O)[C@@]2(C)CCCO2)C(=O)O)cc1. The minimum absolute atomic E-state index is 0.167. The Labute approximate surface area is 176 Å². The van der Waals surface area contributed by atoms with E-state index in [0.717, 1.165) is 23.1 Å². The van der Waals surface area contributed by atoms with Crippen LogP contribution in [0.1, 0.15) is 25.3 Å². The molecule has 1 aliphatic heterocycles. The first-order valence-corrected chi connectivity index (χ1v) is 9.86. The molecule has 3 rings (SSSR count). The van der Waals surface area contributed by atoms with E-state index in [-0.39, 0.29) is 12.3 Å². The van der Waals surface area contributed by atoms with Crippen molar-refractivity contribution in [2.45, 2.75) is 37.8 Å². The zero-order chi connectivity index (χ0) is 21.7. The van der Waals surface area contributed by atoms with Crippen molar-refractivity contribution in [1.29, 1.82) is 0 Å². The lowest BCUT2D eigenvalue weighted by Gasteiger charge is -2.24. The van der Waals surface area contributed by atoms with E-state index in [2.05, 4.69) is 5.32 Å². The lowest BCUT2D eigenvalue weighted by molar-refractivity contribution is -0.147. The number of benzene rings is 2. The van der Waals surface area contributed by atoms with E-state index in [1.165, 1.54) is 0 Å². The van der Waals surface area contributed by atoms with Gasteiger partial charge in [0.05, 0.1) is 19.8 Å². The molecule has 2 N–H and O–H groups in total. The lowest BCUT2D eigenvalue weighted by atomic mass is 9.98. The first-order chi connectivity index (χ1) is 14.4. The summed E-state index contributed by atoms with van der Waals surface area (Å²) in [7, 11) is 3.20. The van der Waals surface area contributed by atoms with Crippen LogP contribution in [0.2, 0.25) is 0 Å². The minimum Gasteiger partial charge on any atom is -0.496 e. The highest BCUT2D eigenvalue weighted by Crippen LogP contribution is 2.38. The number of methoxy groups -OCH3 is 2. The molecule has 2 aromatic carbocycles. The first-order valence-electron chi connectivity index (χ1n) is 9.86. The highest BCUT2D eigenvalue weighted by Gasteiger charge is 2.39. The molecular formula is C23H27NO6. The Morgan fingerprint density at radius 2 is 1.77 bits per heavy atom. The molecule has 2 aromatic rings. The summed E-state index contributed by atoms with van der Waals surface area (Å²) in [5.74, 6) is -0.103. The van der Waals surface area contributed by atoms with Gasteiger partial charge in [-0.2, -0.15) is 0 Å². The molecule has 0 aliphatic carbocycles. The molecule has 1 amide bonds. The molecule has 2 atom stereocenters. The summed E-state index contributed by atoms with van der Waals surface area (Å²) in [5.41, 5.74) is 1.54. The molecule has 0 unspecified atom stereocenters. The molecule has 160 valence electrons. The molecular weight excluding hydrogens is 386 g/mol. The molecule has 1 fully saturated rings. The number of hydrogen-bond acceptors (Lipinski definition) is 5. The van der Waals surface area contributed by atoms with Crippen LogP contribution in [-0.4, -0.2) is 49.5 Å². The molecule has 1 heterocycles. The van der Waals surface area contributed by atoms with Crippen LogP contribution in [-0.2, 0) is 20.7 Å². The van der Waals surface area contributed by atoms with Crippen LogP contribution in [0, 0.1) is 0 Å². The third-order valence-electron chi connectivity index (χ3n) is 5.41. The van der Waals surface area contributed by atoms with Gasteiger partial charge in [0.1, 0.15) is 23.1 Å². The van der Waals surface area contributed by atoms with Crippen molar-refractivity contribution in [3.63, 3.8) is 0 Å². The van der Waals surface area contributed by atoms with E-state index in [9.17, 15) is 14.7 Å². The van der Waals surface area contributed by atoms with E-state index < -0.39 is 17.6 Å². The predicted molar refractivity (Wildman–Crippen MR) is 112 cm³/mol. The normalized spacial score (nSPS) is 19.2. The molecule has 7 nitrogen and oxygen atoms in total. The number of carbonyl (C=O) groups is 2. The minimum atomic E-state index is -1.08. The number of carboxylic acids is 1. The maximum absolute atomic E-state index is 12.5. The topological polar surface area (TPSA) is 94.1 Å². The molecule has 0 aromatic heterocycles. The van der Waals surface area contributed by atoms with Crippen LogP contribution < -0.4 is 14.8 Å². The molecule has 0 spiro atoms. The van der Waals surface area contributed by atoms with Crippen molar-refractivity contribution in [3.8, 4) is 22.6 Å². The van der Waals surface area contributed by atoms with E-state index in [1.54, 1.807) is 21.1 Å². The summed E-state index contributed by atoms with van der Waals surface area (Å²) in [6, 6.07) is 12.0. The zero-order valence-corrected chi connectivity index (χ0v) is 17.4. The second-order valence-electron chi connectivity index (χ2n) is 7.49. The Kier molecular flexibility index (Phi) is 6.62. The summed E-state index contributed by atoms with van der Waals surface area (Å²) in [4.78, 5) is 24.3. The quantitative estimate of drug-likeness (QED) is 0.691. The Morgan fingerprint density at radius 1 is 1.13 bits per heavy atom. The Morgan fingerprint density at radius 3 is 2.27 bits per heavy atom. The van der Waals surface area contributed by atoms with Crippen molar-refractivity contribution in [2.75, 3.05) is 20.8 Å². The molecule has 1 saturated heterocycles. The predicted octanol–water partition coefficient (Wildman–Crippen LogP) is 3.05. The van der Waals surface area contributed by atoms with Crippen molar-refractivity contribution in [1.82, 2.24) is 5.32 Å². The van der Waals surface area contributed by atoms with Gasteiger partial charge in [0.15, 0.2) is 0 Å². The number of carboxylic acid groups (broad SMARTS) is 1. The Balaban J connectivity index is 1.77. The molecule has 1 aliphatic rings. The summed E-state index contributed by atoms with van der Waals surface area (Å²) < 4.78 is 16.4. The third-order valence-corrected chi connectivity index (χ3v) is 5.41. The third kappa shape index (κ3) is 4.57. The van der Waals surface area contributed by atoms with Gasteiger partial charge in [-0.1, -0.05) is 30.3 Å². The molecule has 30 heavy (non-hydrogen) atoms. The fourth-order valence-electron chi connectivity index (χ4n) is 3.65. The van der Waals surface area contributed by atoms with Gasteiger partial charge in [0.25, 0.3) is 5.91 Å². The molecule has 0 radical (unpaired) electrons. The first kappa shape index (κ1) is 21.6. The Bertz CT molecular complexity index is 880. The number of ether oxygens (including phenoxy) is 3. The highest BCUT2D eigenvalue weighted by atomic mass is 16.5.